The molecule has 1 aromatic carbocycles. The molecule has 5 rings (SSSR count). The molecule has 6 heteroatoms. The normalized spacial score (nSPS) is 29.5. The molecule has 4 aliphatic rings. The Morgan fingerprint density at radius 1 is 1.00 bits per heavy atom. The molecule has 0 unspecified atom stereocenters. The molecule has 3 fully saturated rings. The largest absolute Gasteiger partial charge is 0.356 e. The van der Waals surface area contributed by atoms with E-state index in [0.717, 1.165) is 42.3 Å². The van der Waals surface area contributed by atoms with Gasteiger partial charge < -0.3 is 15.5 Å². The van der Waals surface area contributed by atoms with E-state index in [0.29, 0.717) is 13.1 Å². The standard InChI is InChI=1S/C26H34BrN3O2/c27-19-7-5-6-18(16-19)17-29-25(32)23-21-9-8-20(26(21)10-11-26)22(23)24(31)28-12-1-2-13-30-14-3-4-15-30/h5-9,16,20-23H,1-4,10-15,17H2,(H,28,31)(H,29,32)/t20-,21+,22-,23-/m1/s1. The van der Waals surface area contributed by atoms with Crippen LogP contribution in [-0.4, -0.2) is 42.9 Å². The second-order valence-corrected chi connectivity index (χ2v) is 11.0. The average molecular weight is 500 g/mol. The molecule has 4 atom stereocenters. The van der Waals surface area contributed by atoms with Crippen LogP contribution < -0.4 is 10.6 Å². The van der Waals surface area contributed by atoms with E-state index in [1.54, 1.807) is 0 Å². The van der Waals surface area contributed by atoms with Gasteiger partial charge in [-0.25, -0.2) is 0 Å². The minimum Gasteiger partial charge on any atom is -0.356 e. The molecule has 2 N–H and O–H groups in total. The van der Waals surface area contributed by atoms with Crippen molar-refractivity contribution in [3.8, 4) is 0 Å². The lowest BCUT2D eigenvalue weighted by molar-refractivity contribution is -0.135. The van der Waals surface area contributed by atoms with Crippen LogP contribution in [0.5, 0.6) is 0 Å². The second-order valence-electron chi connectivity index (χ2n) is 10.1. The zero-order chi connectivity index (χ0) is 22.1. The molecule has 1 aliphatic heterocycles. The smallest absolute Gasteiger partial charge is 0.224 e. The molecular formula is C26H34BrN3O2. The van der Waals surface area contributed by atoms with Gasteiger partial charge in [0.2, 0.25) is 11.8 Å². The zero-order valence-electron chi connectivity index (χ0n) is 18.7. The second kappa shape index (κ2) is 9.30. The van der Waals surface area contributed by atoms with Gasteiger partial charge >= 0.3 is 0 Å². The summed E-state index contributed by atoms with van der Waals surface area (Å²) < 4.78 is 1.01. The van der Waals surface area contributed by atoms with Crippen LogP contribution in [0, 0.1) is 29.1 Å². The highest BCUT2D eigenvalue weighted by Gasteiger charge is 2.69. The van der Waals surface area contributed by atoms with Gasteiger partial charge in [0.15, 0.2) is 0 Å². The molecule has 2 saturated carbocycles. The van der Waals surface area contributed by atoms with Crippen LogP contribution in [0.25, 0.3) is 0 Å². The number of hydrogen-bond acceptors (Lipinski definition) is 3. The van der Waals surface area contributed by atoms with Crippen molar-refractivity contribution in [1.82, 2.24) is 15.5 Å². The summed E-state index contributed by atoms with van der Waals surface area (Å²) in [5, 5.41) is 6.32. The molecular weight excluding hydrogens is 466 g/mol. The van der Waals surface area contributed by atoms with Gasteiger partial charge in [-0.1, -0.05) is 40.2 Å². The van der Waals surface area contributed by atoms with Crippen molar-refractivity contribution in [3.05, 3.63) is 46.5 Å². The Morgan fingerprint density at radius 2 is 1.69 bits per heavy atom. The van der Waals surface area contributed by atoms with E-state index in [-0.39, 0.29) is 40.9 Å². The van der Waals surface area contributed by atoms with E-state index in [4.69, 9.17) is 0 Å². The third-order valence-electron chi connectivity index (χ3n) is 8.20. The molecule has 0 radical (unpaired) electrons. The molecule has 172 valence electrons. The summed E-state index contributed by atoms with van der Waals surface area (Å²) in [7, 11) is 0. The molecule has 1 saturated heterocycles. The first-order valence-corrected chi connectivity index (χ1v) is 13.1. The number of carbonyl (C=O) groups excluding carboxylic acids is 2. The maximum Gasteiger partial charge on any atom is 0.224 e. The third kappa shape index (κ3) is 4.28. The van der Waals surface area contributed by atoms with Crippen molar-refractivity contribution < 1.29 is 9.59 Å². The number of benzene rings is 1. The average Bonchev–Trinajstić information content (AvgIpc) is 3.15. The predicted molar refractivity (Wildman–Crippen MR) is 129 cm³/mol. The minimum atomic E-state index is -0.246. The van der Waals surface area contributed by atoms with Crippen molar-refractivity contribution in [2.45, 2.75) is 45.1 Å². The molecule has 0 aromatic heterocycles. The third-order valence-corrected chi connectivity index (χ3v) is 8.70. The SMILES string of the molecule is O=C(NCCCCN1CCCC1)[C@H]1[C@H](C(=O)NCc2cccc(Br)c2)[C@@H]2C=C[C@H]1C21CC1. The van der Waals surface area contributed by atoms with Crippen molar-refractivity contribution in [1.29, 1.82) is 0 Å². The molecule has 1 heterocycles. The number of halogens is 1. The van der Waals surface area contributed by atoms with Crippen LogP contribution >= 0.6 is 15.9 Å². The van der Waals surface area contributed by atoms with E-state index < -0.39 is 0 Å². The number of likely N-dealkylation sites (tertiary alicyclic amines) is 1. The van der Waals surface area contributed by atoms with E-state index in [1.807, 2.05) is 24.3 Å². The summed E-state index contributed by atoms with van der Waals surface area (Å²) in [6.07, 6.45) is 11.5. The van der Waals surface area contributed by atoms with Crippen LogP contribution in [0.3, 0.4) is 0 Å². The number of hydrogen-bond donors (Lipinski definition) is 2. The van der Waals surface area contributed by atoms with Gasteiger partial charge in [0, 0.05) is 17.6 Å². The summed E-state index contributed by atoms with van der Waals surface area (Å²) in [6, 6.07) is 8.00. The Morgan fingerprint density at radius 3 is 2.34 bits per heavy atom. The Bertz CT molecular complexity index is 891. The molecule has 2 bridgehead atoms. The molecule has 2 amide bonds. The van der Waals surface area contributed by atoms with Crippen molar-refractivity contribution in [2.75, 3.05) is 26.2 Å². The highest BCUT2D eigenvalue weighted by Crippen LogP contribution is 2.72. The van der Waals surface area contributed by atoms with E-state index in [1.165, 1.54) is 25.9 Å². The lowest BCUT2D eigenvalue weighted by atomic mass is 9.81. The molecule has 1 aromatic rings. The Labute approximate surface area is 199 Å². The van der Waals surface area contributed by atoms with Crippen LogP contribution in [0.1, 0.15) is 44.1 Å². The highest BCUT2D eigenvalue weighted by molar-refractivity contribution is 9.10. The van der Waals surface area contributed by atoms with E-state index >= 15 is 0 Å². The lowest BCUT2D eigenvalue weighted by Gasteiger charge is -2.26. The predicted octanol–water partition coefficient (Wildman–Crippen LogP) is 3.89. The number of carbonyl (C=O) groups is 2. The monoisotopic (exact) mass is 499 g/mol. The maximum absolute atomic E-state index is 13.3. The summed E-state index contributed by atoms with van der Waals surface area (Å²) in [5.41, 5.74) is 1.24. The highest BCUT2D eigenvalue weighted by atomic mass is 79.9. The lowest BCUT2D eigenvalue weighted by Crippen LogP contribution is -2.44. The molecule has 32 heavy (non-hydrogen) atoms. The number of unbranched alkanes of at least 4 members (excludes halogenated alkanes) is 1. The maximum atomic E-state index is 13.3. The van der Waals surface area contributed by atoms with Gasteiger partial charge in [0.25, 0.3) is 0 Å². The van der Waals surface area contributed by atoms with Gasteiger partial charge in [-0.15, -0.1) is 0 Å². The number of rotatable bonds is 9. The summed E-state index contributed by atoms with van der Waals surface area (Å²) >= 11 is 3.49. The van der Waals surface area contributed by atoms with Gasteiger partial charge in [-0.05, 0) is 93.1 Å². The quantitative estimate of drug-likeness (QED) is 0.400. The topological polar surface area (TPSA) is 61.4 Å². The Balaban J connectivity index is 1.18. The van der Waals surface area contributed by atoms with E-state index in [2.05, 4.69) is 43.6 Å². The summed E-state index contributed by atoms with van der Waals surface area (Å²) in [6.45, 7) is 4.79. The van der Waals surface area contributed by atoms with Gasteiger partial charge in [-0.3, -0.25) is 9.59 Å². The Kier molecular flexibility index (Phi) is 6.44. The number of allylic oxidation sites excluding steroid dienone is 2. The first-order valence-electron chi connectivity index (χ1n) is 12.3. The number of nitrogens with zero attached hydrogens (tertiary/aromatic N) is 1. The van der Waals surface area contributed by atoms with Crippen molar-refractivity contribution in [2.24, 2.45) is 29.1 Å². The fraction of sp³-hybridized carbons (Fsp3) is 0.615. The summed E-state index contributed by atoms with van der Waals surface area (Å²) in [5.74, 6) is 0.0664. The van der Waals surface area contributed by atoms with Crippen LogP contribution in [0.2, 0.25) is 0 Å². The molecule has 5 nitrogen and oxygen atoms in total. The first kappa shape index (κ1) is 22.1. The van der Waals surface area contributed by atoms with E-state index in [9.17, 15) is 9.59 Å². The number of nitrogens with one attached hydrogen (secondary N) is 2. The Hall–Kier alpha value is -1.66. The van der Waals surface area contributed by atoms with Gasteiger partial charge in [-0.2, -0.15) is 0 Å². The summed E-state index contributed by atoms with van der Waals surface area (Å²) in [4.78, 5) is 29.1. The van der Waals surface area contributed by atoms with Gasteiger partial charge in [0.1, 0.15) is 0 Å². The minimum absolute atomic E-state index is 0.0299. The molecule has 3 aliphatic carbocycles. The number of amides is 2. The fourth-order valence-corrected chi connectivity index (χ4v) is 6.91. The van der Waals surface area contributed by atoms with Crippen molar-refractivity contribution in [3.63, 3.8) is 0 Å². The molecule has 1 spiro atoms. The van der Waals surface area contributed by atoms with Crippen LogP contribution in [0.4, 0.5) is 0 Å². The van der Waals surface area contributed by atoms with Crippen molar-refractivity contribution >= 4 is 27.7 Å². The van der Waals surface area contributed by atoms with Gasteiger partial charge in [0.05, 0.1) is 11.8 Å². The van der Waals surface area contributed by atoms with Crippen LogP contribution in [-0.2, 0) is 16.1 Å². The van der Waals surface area contributed by atoms with Crippen LogP contribution in [0.15, 0.2) is 40.9 Å². The first-order chi connectivity index (χ1) is 15.6. The zero-order valence-corrected chi connectivity index (χ0v) is 20.3. The fourth-order valence-electron chi connectivity index (χ4n) is 6.46.